The summed E-state index contributed by atoms with van der Waals surface area (Å²) in [5, 5.41) is 26.4. The number of ketones is 1. The molecule has 72 valence electrons. The van der Waals surface area contributed by atoms with Crippen LogP contribution in [-0.2, 0) is 9.63 Å². The summed E-state index contributed by atoms with van der Waals surface area (Å²) in [5.41, 5.74) is 0. The van der Waals surface area contributed by atoms with Crippen LogP contribution in [0.2, 0.25) is 0 Å². The number of aliphatic hydroxyl groups is 3. The van der Waals surface area contributed by atoms with E-state index in [9.17, 15) is 4.79 Å². The fourth-order valence-electron chi connectivity index (χ4n) is 0.727. The Labute approximate surface area is 69.5 Å². The summed E-state index contributed by atoms with van der Waals surface area (Å²) in [5.74, 6) is 4.18. The topological polar surface area (TPSA) is 113 Å². The second-order valence-electron chi connectivity index (χ2n) is 2.41. The Morgan fingerprint density at radius 1 is 1.58 bits per heavy atom. The number of carbonyl (C=O) groups is 1. The molecular weight excluding hydrogens is 166 g/mol. The van der Waals surface area contributed by atoms with Gasteiger partial charge in [0, 0.05) is 0 Å². The summed E-state index contributed by atoms with van der Waals surface area (Å²) in [4.78, 5) is 14.8. The lowest BCUT2D eigenvalue weighted by Gasteiger charge is -2.21. The van der Waals surface area contributed by atoms with Crippen molar-refractivity contribution in [1.82, 2.24) is 0 Å². The van der Waals surface area contributed by atoms with Gasteiger partial charge in [0.1, 0.15) is 12.2 Å². The van der Waals surface area contributed by atoms with E-state index in [1.807, 2.05) is 0 Å². The number of nitrogens with two attached hydrogens (primary N) is 1. The number of aliphatic hydroxyl groups excluding tert-OH is 3. The third kappa shape index (κ3) is 2.84. The van der Waals surface area contributed by atoms with Crippen LogP contribution in [0.25, 0.3) is 0 Å². The average molecular weight is 179 g/mol. The molecule has 3 atom stereocenters. The molecule has 0 saturated carbocycles. The molecule has 0 saturated heterocycles. The van der Waals surface area contributed by atoms with Crippen LogP contribution in [0.15, 0.2) is 0 Å². The molecule has 0 aliphatic carbocycles. The number of carbonyl (C=O) groups excluding carboxylic acids is 1. The van der Waals surface area contributed by atoms with Gasteiger partial charge in [-0.3, -0.25) is 9.63 Å². The van der Waals surface area contributed by atoms with Gasteiger partial charge in [-0.1, -0.05) is 0 Å². The van der Waals surface area contributed by atoms with Crippen LogP contribution in [0, 0.1) is 0 Å². The van der Waals surface area contributed by atoms with Crippen LogP contribution in [0.4, 0.5) is 0 Å². The highest BCUT2D eigenvalue weighted by Crippen LogP contribution is 2.03. The zero-order chi connectivity index (χ0) is 9.72. The lowest BCUT2D eigenvalue weighted by Crippen LogP contribution is -2.45. The Balaban J connectivity index is 4.20. The molecule has 0 fully saturated rings. The molecule has 0 bridgehead atoms. The summed E-state index contributed by atoms with van der Waals surface area (Å²) in [6, 6.07) is 0. The summed E-state index contributed by atoms with van der Waals surface area (Å²) >= 11 is 0. The molecule has 5 N–H and O–H groups in total. The molecular formula is C6H13NO5. The first-order valence-corrected chi connectivity index (χ1v) is 3.37. The van der Waals surface area contributed by atoms with E-state index in [0.717, 1.165) is 6.92 Å². The molecule has 0 aromatic carbocycles. The smallest absolute Gasteiger partial charge is 0.165 e. The lowest BCUT2D eigenvalue weighted by atomic mass is 10.1. The largest absolute Gasteiger partial charge is 0.394 e. The minimum atomic E-state index is -1.50. The second-order valence-corrected chi connectivity index (χ2v) is 2.41. The van der Waals surface area contributed by atoms with Gasteiger partial charge in [-0.25, -0.2) is 5.90 Å². The fraction of sp³-hybridized carbons (Fsp3) is 0.833. The zero-order valence-electron chi connectivity index (χ0n) is 6.67. The van der Waals surface area contributed by atoms with Gasteiger partial charge in [0.15, 0.2) is 11.9 Å². The van der Waals surface area contributed by atoms with Crippen LogP contribution in [-0.4, -0.2) is 46.0 Å². The Hall–Kier alpha value is -0.530. The van der Waals surface area contributed by atoms with Crippen LogP contribution >= 0.6 is 0 Å². The highest BCUT2D eigenvalue weighted by molar-refractivity contribution is 5.81. The minimum absolute atomic E-state index is 0.516. The molecule has 0 aromatic rings. The Bertz CT molecular complexity index is 151. The van der Waals surface area contributed by atoms with Crippen LogP contribution in [0.3, 0.4) is 0 Å². The molecule has 0 aliphatic rings. The number of hydrogen-bond acceptors (Lipinski definition) is 6. The Morgan fingerprint density at radius 2 is 2.08 bits per heavy atom. The van der Waals surface area contributed by atoms with Gasteiger partial charge in [0.05, 0.1) is 6.61 Å². The Kier molecular flexibility index (Phi) is 4.95. The molecule has 6 heteroatoms. The average Bonchev–Trinajstić information content (AvgIpc) is 2.03. The van der Waals surface area contributed by atoms with Crippen molar-refractivity contribution in [2.45, 2.75) is 25.2 Å². The number of rotatable bonds is 5. The van der Waals surface area contributed by atoms with Crippen molar-refractivity contribution in [3.8, 4) is 0 Å². The van der Waals surface area contributed by atoms with E-state index in [4.69, 9.17) is 21.2 Å². The predicted octanol–water partition coefficient (Wildman–Crippen LogP) is -2.45. The third-order valence-electron chi connectivity index (χ3n) is 1.44. The lowest BCUT2D eigenvalue weighted by molar-refractivity contribution is -0.146. The molecule has 12 heavy (non-hydrogen) atoms. The standard InChI is InChI=1S/C6H13NO5/c1-3(9)6(12-7)5(11)4(10)2-8/h4-6,8,10-11H,2,7H2,1H3/t4-,5+,6+/m1/s1. The van der Waals surface area contributed by atoms with Gasteiger partial charge < -0.3 is 15.3 Å². The SMILES string of the molecule is CC(=O)[C@H](ON)[C@@H](O)[C@H](O)CO. The van der Waals surface area contributed by atoms with E-state index in [1.54, 1.807) is 0 Å². The normalized spacial score (nSPS) is 18.4. The number of Topliss-reactive ketones (excluding diaryl/α,β-unsaturated/α-hetero) is 1. The summed E-state index contributed by atoms with van der Waals surface area (Å²) in [6.45, 7) is 0.499. The van der Waals surface area contributed by atoms with E-state index in [1.165, 1.54) is 0 Å². The van der Waals surface area contributed by atoms with Crippen molar-refractivity contribution in [1.29, 1.82) is 0 Å². The summed E-state index contributed by atoms with van der Waals surface area (Å²) < 4.78 is 0. The molecule has 6 nitrogen and oxygen atoms in total. The van der Waals surface area contributed by atoms with Gasteiger partial charge in [0.2, 0.25) is 0 Å². The van der Waals surface area contributed by atoms with Crippen molar-refractivity contribution in [2.24, 2.45) is 5.90 Å². The van der Waals surface area contributed by atoms with Gasteiger partial charge in [0.25, 0.3) is 0 Å². The zero-order valence-corrected chi connectivity index (χ0v) is 6.67. The molecule has 0 aliphatic heterocycles. The molecule has 0 heterocycles. The van der Waals surface area contributed by atoms with E-state index in [2.05, 4.69) is 4.84 Å². The molecule has 0 unspecified atom stereocenters. The number of hydrogen-bond donors (Lipinski definition) is 4. The van der Waals surface area contributed by atoms with Gasteiger partial charge in [-0.05, 0) is 6.92 Å². The van der Waals surface area contributed by atoms with Crippen molar-refractivity contribution >= 4 is 5.78 Å². The van der Waals surface area contributed by atoms with E-state index < -0.39 is 30.7 Å². The van der Waals surface area contributed by atoms with Crippen LogP contribution in [0.5, 0.6) is 0 Å². The molecule has 0 spiro atoms. The summed E-state index contributed by atoms with van der Waals surface area (Å²) in [7, 11) is 0. The molecule has 0 radical (unpaired) electrons. The quantitative estimate of drug-likeness (QED) is 0.348. The highest BCUT2D eigenvalue weighted by Gasteiger charge is 2.29. The van der Waals surface area contributed by atoms with Crippen molar-refractivity contribution < 1.29 is 25.0 Å². The second kappa shape index (κ2) is 5.18. The van der Waals surface area contributed by atoms with E-state index >= 15 is 0 Å². The molecule has 0 rings (SSSR count). The summed E-state index contributed by atoms with van der Waals surface area (Å²) in [6.07, 6.45) is -4.23. The maximum atomic E-state index is 10.7. The van der Waals surface area contributed by atoms with Crippen LogP contribution in [0.1, 0.15) is 6.92 Å². The first-order chi connectivity index (χ1) is 5.54. The van der Waals surface area contributed by atoms with Gasteiger partial charge in [-0.2, -0.15) is 0 Å². The van der Waals surface area contributed by atoms with Crippen molar-refractivity contribution in [2.75, 3.05) is 6.61 Å². The van der Waals surface area contributed by atoms with Gasteiger partial charge >= 0.3 is 0 Å². The predicted molar refractivity (Wildman–Crippen MR) is 38.8 cm³/mol. The monoisotopic (exact) mass is 179 g/mol. The highest BCUT2D eigenvalue weighted by atomic mass is 16.6. The fourth-order valence-corrected chi connectivity index (χ4v) is 0.727. The Morgan fingerprint density at radius 3 is 2.33 bits per heavy atom. The van der Waals surface area contributed by atoms with Crippen LogP contribution < -0.4 is 5.90 Å². The van der Waals surface area contributed by atoms with Crippen molar-refractivity contribution in [3.63, 3.8) is 0 Å². The molecule has 0 aromatic heterocycles. The maximum absolute atomic E-state index is 10.7. The molecule has 0 amide bonds. The minimum Gasteiger partial charge on any atom is -0.394 e. The third-order valence-corrected chi connectivity index (χ3v) is 1.44. The first-order valence-electron chi connectivity index (χ1n) is 3.37. The van der Waals surface area contributed by atoms with Crippen molar-refractivity contribution in [3.05, 3.63) is 0 Å². The van der Waals surface area contributed by atoms with E-state index in [0.29, 0.717) is 0 Å². The first kappa shape index (κ1) is 11.5. The van der Waals surface area contributed by atoms with E-state index in [-0.39, 0.29) is 0 Å². The maximum Gasteiger partial charge on any atom is 0.165 e. The van der Waals surface area contributed by atoms with Gasteiger partial charge in [-0.15, -0.1) is 0 Å².